The average Bonchev–Trinajstić information content (AvgIpc) is 2.95. The summed E-state index contributed by atoms with van der Waals surface area (Å²) in [5, 5.41) is 3.39. The monoisotopic (exact) mass is 357 g/mol. The van der Waals surface area contributed by atoms with E-state index in [0.29, 0.717) is 16.8 Å². The van der Waals surface area contributed by atoms with Gasteiger partial charge in [0.05, 0.1) is 11.3 Å². The van der Waals surface area contributed by atoms with E-state index in [0.717, 1.165) is 16.9 Å². The number of hydrogen-bond donors (Lipinski definition) is 1. The Hall–Kier alpha value is -3.47. The number of aryl methyl sites for hydroxylation is 1. The van der Waals surface area contributed by atoms with Gasteiger partial charge in [0.25, 0.3) is 5.91 Å². The van der Waals surface area contributed by atoms with Crippen molar-refractivity contribution in [3.05, 3.63) is 89.2 Å². The highest BCUT2D eigenvalue weighted by Crippen LogP contribution is 2.36. The lowest BCUT2D eigenvalue weighted by Crippen LogP contribution is -2.32. The maximum absolute atomic E-state index is 13.0. The van der Waals surface area contributed by atoms with Crippen molar-refractivity contribution in [2.75, 3.05) is 10.2 Å². The fourth-order valence-corrected chi connectivity index (χ4v) is 3.25. The van der Waals surface area contributed by atoms with Crippen LogP contribution in [-0.4, -0.2) is 16.7 Å². The number of carbonyl (C=O) groups excluding carboxylic acids is 2. The number of hydrogen-bond acceptors (Lipinski definition) is 4. The van der Waals surface area contributed by atoms with Crippen LogP contribution < -0.4 is 10.2 Å². The summed E-state index contributed by atoms with van der Waals surface area (Å²) in [5.74, 6) is -0.0642. The molecule has 2 heterocycles. The van der Waals surface area contributed by atoms with Gasteiger partial charge in [-0.2, -0.15) is 0 Å². The molecule has 0 radical (unpaired) electrons. The normalized spacial score (nSPS) is 15.6. The lowest BCUT2D eigenvalue weighted by molar-refractivity contribution is 0.0990. The van der Waals surface area contributed by atoms with Gasteiger partial charge in [-0.1, -0.05) is 17.7 Å². The quantitative estimate of drug-likeness (QED) is 0.705. The highest BCUT2D eigenvalue weighted by Gasteiger charge is 2.38. The Morgan fingerprint density at radius 1 is 1.04 bits per heavy atom. The summed E-state index contributed by atoms with van der Waals surface area (Å²) in [6.45, 7) is 3.55. The van der Waals surface area contributed by atoms with E-state index in [1.54, 1.807) is 35.4 Å². The number of nitrogens with zero attached hydrogens (tertiary/aromatic N) is 2. The van der Waals surface area contributed by atoms with Gasteiger partial charge in [-0.05, 0) is 62.4 Å². The first-order valence-electron chi connectivity index (χ1n) is 8.77. The number of Topliss-reactive ketones (excluding diaryl/α,β-unsaturated/α-hetero) is 1. The zero-order chi connectivity index (χ0) is 19.0. The molecule has 2 aromatic carbocycles. The summed E-state index contributed by atoms with van der Waals surface area (Å²) < 4.78 is 0. The minimum atomic E-state index is -0.417. The standard InChI is InChI=1S/C22H19N3O2/c1-14-5-11-18(12-6-14)25-21(20-19(22(25)27)4-3-13-23-20)24-17-9-7-16(8-10-17)15(2)26/h3-13,21,24H,1-2H3. The molecule has 1 atom stereocenters. The molecule has 4 rings (SSSR count). The maximum Gasteiger partial charge on any atom is 0.262 e. The number of ketones is 1. The third kappa shape index (κ3) is 3.08. The minimum Gasteiger partial charge on any atom is -0.360 e. The summed E-state index contributed by atoms with van der Waals surface area (Å²) in [6.07, 6.45) is 1.28. The van der Waals surface area contributed by atoms with Gasteiger partial charge in [-0.25, -0.2) is 0 Å². The van der Waals surface area contributed by atoms with Crippen molar-refractivity contribution in [2.45, 2.75) is 20.0 Å². The van der Waals surface area contributed by atoms with E-state index < -0.39 is 6.17 Å². The summed E-state index contributed by atoms with van der Waals surface area (Å²) in [5.41, 5.74) is 4.69. The second-order valence-corrected chi connectivity index (χ2v) is 6.63. The van der Waals surface area contributed by atoms with Crippen LogP contribution in [0.15, 0.2) is 66.9 Å². The van der Waals surface area contributed by atoms with Crippen molar-refractivity contribution in [1.29, 1.82) is 0 Å². The molecule has 1 aromatic heterocycles. The van der Waals surface area contributed by atoms with Crippen LogP contribution in [0.1, 0.15) is 45.1 Å². The molecule has 134 valence electrons. The van der Waals surface area contributed by atoms with Crippen molar-refractivity contribution in [2.24, 2.45) is 0 Å². The van der Waals surface area contributed by atoms with Gasteiger partial charge in [-0.3, -0.25) is 19.5 Å². The maximum atomic E-state index is 13.0. The summed E-state index contributed by atoms with van der Waals surface area (Å²) in [7, 11) is 0. The van der Waals surface area contributed by atoms with E-state index in [2.05, 4.69) is 10.3 Å². The molecule has 27 heavy (non-hydrogen) atoms. The molecule has 0 saturated carbocycles. The van der Waals surface area contributed by atoms with Crippen molar-refractivity contribution >= 4 is 23.1 Å². The van der Waals surface area contributed by atoms with Crippen LogP contribution in [0.5, 0.6) is 0 Å². The number of fused-ring (bicyclic) bond motifs is 1. The van der Waals surface area contributed by atoms with E-state index in [4.69, 9.17) is 0 Å². The van der Waals surface area contributed by atoms with Gasteiger partial charge in [0.1, 0.15) is 0 Å². The third-order valence-electron chi connectivity index (χ3n) is 4.71. The van der Waals surface area contributed by atoms with E-state index in [1.807, 2.05) is 43.3 Å². The SMILES string of the molecule is CC(=O)c1ccc(NC2c3ncccc3C(=O)N2c2ccc(C)cc2)cc1. The van der Waals surface area contributed by atoms with Crippen LogP contribution in [0, 0.1) is 6.92 Å². The number of pyridine rings is 1. The highest BCUT2D eigenvalue weighted by molar-refractivity contribution is 6.11. The van der Waals surface area contributed by atoms with Crippen LogP contribution in [0.2, 0.25) is 0 Å². The molecule has 0 fully saturated rings. The van der Waals surface area contributed by atoms with Crippen LogP contribution in [0.25, 0.3) is 0 Å². The lowest BCUT2D eigenvalue weighted by atomic mass is 10.1. The Bertz CT molecular complexity index is 1010. The lowest BCUT2D eigenvalue weighted by Gasteiger charge is -2.26. The Morgan fingerprint density at radius 2 is 1.74 bits per heavy atom. The first kappa shape index (κ1) is 17.0. The van der Waals surface area contributed by atoms with Gasteiger partial charge in [0.15, 0.2) is 11.9 Å². The molecule has 5 nitrogen and oxygen atoms in total. The van der Waals surface area contributed by atoms with E-state index >= 15 is 0 Å². The number of carbonyl (C=O) groups is 2. The van der Waals surface area contributed by atoms with Crippen LogP contribution in [0.3, 0.4) is 0 Å². The minimum absolute atomic E-state index is 0.0193. The molecule has 0 saturated heterocycles. The van der Waals surface area contributed by atoms with Crippen molar-refractivity contribution in [1.82, 2.24) is 4.98 Å². The number of rotatable bonds is 4. The van der Waals surface area contributed by atoms with Crippen LogP contribution in [0.4, 0.5) is 11.4 Å². The summed E-state index contributed by atoms with van der Waals surface area (Å²) >= 11 is 0. The predicted octanol–water partition coefficient (Wildman–Crippen LogP) is 4.36. The molecule has 1 aliphatic rings. The average molecular weight is 357 g/mol. The molecule has 5 heteroatoms. The van der Waals surface area contributed by atoms with E-state index in [-0.39, 0.29) is 11.7 Å². The molecule has 1 amide bonds. The molecule has 0 aliphatic carbocycles. The van der Waals surface area contributed by atoms with E-state index in [9.17, 15) is 9.59 Å². The number of aromatic nitrogens is 1. The Balaban J connectivity index is 1.73. The highest BCUT2D eigenvalue weighted by atomic mass is 16.2. The number of amides is 1. The fourth-order valence-electron chi connectivity index (χ4n) is 3.25. The Kier molecular flexibility index (Phi) is 4.20. The molecule has 3 aromatic rings. The van der Waals surface area contributed by atoms with Gasteiger partial charge in [0, 0.05) is 23.1 Å². The largest absolute Gasteiger partial charge is 0.360 e. The molecular weight excluding hydrogens is 338 g/mol. The molecule has 1 N–H and O–H groups in total. The van der Waals surface area contributed by atoms with Crippen molar-refractivity contribution < 1.29 is 9.59 Å². The zero-order valence-electron chi connectivity index (χ0n) is 15.1. The summed E-state index contributed by atoms with van der Waals surface area (Å²) in [4.78, 5) is 30.7. The molecule has 0 bridgehead atoms. The second kappa shape index (κ2) is 6.68. The number of nitrogens with one attached hydrogen (secondary N) is 1. The zero-order valence-corrected chi connectivity index (χ0v) is 15.1. The number of anilines is 2. The topological polar surface area (TPSA) is 62.3 Å². The second-order valence-electron chi connectivity index (χ2n) is 6.63. The van der Waals surface area contributed by atoms with Gasteiger partial charge in [-0.15, -0.1) is 0 Å². The number of benzene rings is 2. The molecule has 1 unspecified atom stereocenters. The van der Waals surface area contributed by atoms with Gasteiger partial charge >= 0.3 is 0 Å². The van der Waals surface area contributed by atoms with Crippen molar-refractivity contribution in [3.8, 4) is 0 Å². The Labute approximate surface area is 157 Å². The van der Waals surface area contributed by atoms with Crippen molar-refractivity contribution in [3.63, 3.8) is 0 Å². The van der Waals surface area contributed by atoms with Gasteiger partial charge < -0.3 is 5.32 Å². The smallest absolute Gasteiger partial charge is 0.262 e. The van der Waals surface area contributed by atoms with Crippen LogP contribution in [-0.2, 0) is 0 Å². The fraction of sp³-hybridized carbons (Fsp3) is 0.136. The predicted molar refractivity (Wildman–Crippen MR) is 105 cm³/mol. The molecule has 1 aliphatic heterocycles. The first-order valence-corrected chi connectivity index (χ1v) is 8.77. The third-order valence-corrected chi connectivity index (χ3v) is 4.71. The van der Waals surface area contributed by atoms with Crippen LogP contribution >= 0.6 is 0 Å². The first-order chi connectivity index (χ1) is 13.0. The summed E-state index contributed by atoms with van der Waals surface area (Å²) in [6, 6.07) is 18.6. The molecule has 0 spiro atoms. The van der Waals surface area contributed by atoms with Gasteiger partial charge in [0.2, 0.25) is 0 Å². The Morgan fingerprint density at radius 3 is 2.41 bits per heavy atom. The van der Waals surface area contributed by atoms with E-state index in [1.165, 1.54) is 6.92 Å². The molecular formula is C22H19N3O2.